The molecule has 15 heavy (non-hydrogen) atoms. The third-order valence-electron chi connectivity index (χ3n) is 2.07. The van der Waals surface area contributed by atoms with Crippen molar-refractivity contribution in [3.63, 3.8) is 0 Å². The van der Waals surface area contributed by atoms with Crippen LogP contribution in [0.5, 0.6) is 0 Å². The topological polar surface area (TPSA) is 50.4 Å². The Morgan fingerprint density at radius 2 is 2.07 bits per heavy atom. The first kappa shape index (κ1) is 11.6. The van der Waals surface area contributed by atoms with E-state index in [0.717, 1.165) is 25.9 Å². The van der Waals surface area contributed by atoms with Crippen LogP contribution < -0.4 is 11.1 Å². The van der Waals surface area contributed by atoms with Crippen molar-refractivity contribution in [2.24, 2.45) is 10.7 Å². The van der Waals surface area contributed by atoms with Crippen LogP contribution in [0.15, 0.2) is 35.3 Å². The summed E-state index contributed by atoms with van der Waals surface area (Å²) in [7, 11) is 0. The maximum absolute atomic E-state index is 5.66. The zero-order valence-electron chi connectivity index (χ0n) is 9.24. The molecule has 0 heterocycles. The Hall–Kier alpha value is -1.51. The maximum Gasteiger partial charge on any atom is 0.188 e. The monoisotopic (exact) mass is 205 g/mol. The van der Waals surface area contributed by atoms with E-state index >= 15 is 0 Å². The van der Waals surface area contributed by atoms with Crippen molar-refractivity contribution < 1.29 is 0 Å². The molecule has 82 valence electrons. The van der Waals surface area contributed by atoms with Crippen molar-refractivity contribution in [2.75, 3.05) is 13.1 Å². The highest BCUT2D eigenvalue weighted by Gasteiger charge is 1.92. The summed E-state index contributed by atoms with van der Waals surface area (Å²) in [6, 6.07) is 10.3. The van der Waals surface area contributed by atoms with E-state index in [1.165, 1.54) is 5.56 Å². The van der Waals surface area contributed by atoms with Gasteiger partial charge in [0.1, 0.15) is 0 Å². The molecule has 0 fully saturated rings. The molecule has 0 spiro atoms. The van der Waals surface area contributed by atoms with Crippen molar-refractivity contribution in [2.45, 2.75) is 19.8 Å². The lowest BCUT2D eigenvalue weighted by Gasteiger charge is -2.05. The average Bonchev–Trinajstić information content (AvgIpc) is 2.28. The van der Waals surface area contributed by atoms with Crippen LogP contribution in [0.3, 0.4) is 0 Å². The summed E-state index contributed by atoms with van der Waals surface area (Å²) >= 11 is 0. The van der Waals surface area contributed by atoms with Crippen LogP contribution in [0, 0.1) is 0 Å². The molecule has 1 aromatic rings. The largest absolute Gasteiger partial charge is 0.370 e. The number of hydrogen-bond acceptors (Lipinski definition) is 1. The number of nitrogens with one attached hydrogen (secondary N) is 1. The molecule has 0 bridgehead atoms. The van der Waals surface area contributed by atoms with Crippen molar-refractivity contribution in [3.8, 4) is 0 Å². The van der Waals surface area contributed by atoms with Crippen LogP contribution in [0.25, 0.3) is 0 Å². The molecule has 0 amide bonds. The first-order chi connectivity index (χ1) is 7.33. The molecule has 0 saturated heterocycles. The van der Waals surface area contributed by atoms with Gasteiger partial charge in [-0.05, 0) is 18.4 Å². The second-order valence-corrected chi connectivity index (χ2v) is 3.43. The normalized spacial score (nSPS) is 11.4. The highest BCUT2D eigenvalue weighted by Crippen LogP contribution is 1.97. The number of nitrogens with two attached hydrogens (primary N) is 1. The minimum absolute atomic E-state index is 0.549. The Labute approximate surface area is 91.4 Å². The maximum atomic E-state index is 5.66. The summed E-state index contributed by atoms with van der Waals surface area (Å²) in [4.78, 5) is 4.16. The highest BCUT2D eigenvalue weighted by atomic mass is 15.1. The number of guanidine groups is 1. The summed E-state index contributed by atoms with van der Waals surface area (Å²) in [5.41, 5.74) is 6.98. The number of aliphatic imine (C=N–C) groups is 1. The van der Waals surface area contributed by atoms with E-state index in [4.69, 9.17) is 5.73 Å². The standard InChI is InChI=1S/C12H19N3/c1-2-9-14-12(13)15-10-8-11-6-4-3-5-7-11/h3-7H,2,8-10H2,1H3,(H3,13,14,15). The van der Waals surface area contributed by atoms with Crippen molar-refractivity contribution in [1.82, 2.24) is 5.32 Å². The molecule has 0 aliphatic carbocycles. The third-order valence-corrected chi connectivity index (χ3v) is 2.07. The molecule has 3 N–H and O–H groups in total. The van der Waals surface area contributed by atoms with Gasteiger partial charge in [-0.1, -0.05) is 37.3 Å². The number of hydrogen-bond donors (Lipinski definition) is 2. The van der Waals surface area contributed by atoms with E-state index in [1.54, 1.807) is 0 Å². The van der Waals surface area contributed by atoms with Crippen LogP contribution in [0.1, 0.15) is 18.9 Å². The van der Waals surface area contributed by atoms with Gasteiger partial charge < -0.3 is 11.1 Å². The molecule has 0 aromatic heterocycles. The number of rotatable bonds is 5. The van der Waals surface area contributed by atoms with E-state index in [2.05, 4.69) is 29.4 Å². The zero-order valence-corrected chi connectivity index (χ0v) is 9.24. The molecule has 3 heteroatoms. The lowest BCUT2D eigenvalue weighted by Crippen LogP contribution is -2.33. The Bertz CT molecular complexity index is 293. The number of benzene rings is 1. The van der Waals surface area contributed by atoms with Crippen LogP contribution in [-0.2, 0) is 6.42 Å². The minimum Gasteiger partial charge on any atom is -0.370 e. The van der Waals surface area contributed by atoms with Gasteiger partial charge in [0.05, 0.1) is 0 Å². The van der Waals surface area contributed by atoms with Crippen molar-refractivity contribution in [3.05, 3.63) is 35.9 Å². The molecule has 0 atom stereocenters. The Kier molecular flexibility index (Phi) is 5.30. The third kappa shape index (κ3) is 5.05. The summed E-state index contributed by atoms with van der Waals surface area (Å²) in [5, 5.41) is 3.09. The lowest BCUT2D eigenvalue weighted by molar-refractivity contribution is 0.839. The summed E-state index contributed by atoms with van der Waals surface area (Å²) in [5.74, 6) is 0.549. The minimum atomic E-state index is 0.549. The van der Waals surface area contributed by atoms with Crippen LogP contribution in [-0.4, -0.2) is 19.0 Å². The van der Waals surface area contributed by atoms with Gasteiger partial charge in [0.25, 0.3) is 0 Å². The lowest BCUT2D eigenvalue weighted by atomic mass is 10.1. The van der Waals surface area contributed by atoms with Gasteiger partial charge in [-0.2, -0.15) is 0 Å². The van der Waals surface area contributed by atoms with Gasteiger partial charge in [0, 0.05) is 13.1 Å². The zero-order chi connectivity index (χ0) is 10.9. The molecule has 0 aliphatic rings. The van der Waals surface area contributed by atoms with Crippen LogP contribution in [0.2, 0.25) is 0 Å². The summed E-state index contributed by atoms with van der Waals surface area (Å²) in [6.07, 6.45) is 2.00. The Morgan fingerprint density at radius 3 is 2.73 bits per heavy atom. The predicted molar refractivity (Wildman–Crippen MR) is 64.9 cm³/mol. The summed E-state index contributed by atoms with van der Waals surface area (Å²) in [6.45, 7) is 3.72. The quantitative estimate of drug-likeness (QED) is 0.566. The fraction of sp³-hybridized carbons (Fsp3) is 0.417. The molecule has 0 saturated carbocycles. The van der Waals surface area contributed by atoms with E-state index < -0.39 is 0 Å². The van der Waals surface area contributed by atoms with E-state index in [-0.39, 0.29) is 0 Å². The van der Waals surface area contributed by atoms with Gasteiger partial charge in [0.15, 0.2) is 5.96 Å². The number of nitrogens with zero attached hydrogens (tertiary/aromatic N) is 1. The molecule has 3 nitrogen and oxygen atoms in total. The fourth-order valence-electron chi connectivity index (χ4n) is 1.27. The van der Waals surface area contributed by atoms with E-state index in [9.17, 15) is 0 Å². The molecule has 0 radical (unpaired) electrons. The second-order valence-electron chi connectivity index (χ2n) is 3.43. The summed E-state index contributed by atoms with van der Waals surface area (Å²) < 4.78 is 0. The Morgan fingerprint density at radius 1 is 1.33 bits per heavy atom. The van der Waals surface area contributed by atoms with Gasteiger partial charge in [-0.3, -0.25) is 4.99 Å². The molecule has 0 unspecified atom stereocenters. The van der Waals surface area contributed by atoms with Gasteiger partial charge in [-0.15, -0.1) is 0 Å². The molecular weight excluding hydrogens is 186 g/mol. The van der Waals surface area contributed by atoms with Gasteiger partial charge in [0.2, 0.25) is 0 Å². The highest BCUT2D eigenvalue weighted by molar-refractivity contribution is 5.77. The fourth-order valence-corrected chi connectivity index (χ4v) is 1.27. The molecule has 1 aromatic carbocycles. The SMILES string of the molecule is CCCN=C(N)NCCc1ccccc1. The smallest absolute Gasteiger partial charge is 0.188 e. The van der Waals surface area contributed by atoms with E-state index in [0.29, 0.717) is 5.96 Å². The Balaban J connectivity index is 2.22. The molecular formula is C12H19N3. The van der Waals surface area contributed by atoms with Gasteiger partial charge >= 0.3 is 0 Å². The molecule has 1 rings (SSSR count). The molecule has 0 aliphatic heterocycles. The predicted octanol–water partition coefficient (Wildman–Crippen LogP) is 1.54. The second kappa shape index (κ2) is 6.87. The first-order valence-corrected chi connectivity index (χ1v) is 5.40. The van der Waals surface area contributed by atoms with Crippen LogP contribution >= 0.6 is 0 Å². The van der Waals surface area contributed by atoms with Crippen molar-refractivity contribution in [1.29, 1.82) is 0 Å². The van der Waals surface area contributed by atoms with Crippen molar-refractivity contribution >= 4 is 5.96 Å². The van der Waals surface area contributed by atoms with Crippen LogP contribution in [0.4, 0.5) is 0 Å². The first-order valence-electron chi connectivity index (χ1n) is 5.40. The van der Waals surface area contributed by atoms with Gasteiger partial charge in [-0.25, -0.2) is 0 Å². The van der Waals surface area contributed by atoms with E-state index in [1.807, 2.05) is 18.2 Å². The average molecular weight is 205 g/mol.